The number of nitrogens with zero attached hydrogens (tertiary/aromatic N) is 1. The van der Waals surface area contributed by atoms with Crippen LogP contribution < -0.4 is 4.74 Å². The third-order valence-corrected chi connectivity index (χ3v) is 3.49. The molecule has 1 aliphatic rings. The second kappa shape index (κ2) is 4.74. The van der Waals surface area contributed by atoms with Crippen molar-refractivity contribution in [1.29, 1.82) is 0 Å². The van der Waals surface area contributed by atoms with Crippen LogP contribution in [0.3, 0.4) is 0 Å². The largest absolute Gasteiger partial charge is 0.507 e. The molecule has 1 aromatic rings. The smallest absolute Gasteiger partial charge is 0.339 e. The second-order valence-corrected chi connectivity index (χ2v) is 4.46. The number of carboxylic acids is 1. The van der Waals surface area contributed by atoms with Gasteiger partial charge in [-0.25, -0.2) is 9.59 Å². The van der Waals surface area contributed by atoms with Gasteiger partial charge in [-0.3, -0.25) is 0 Å². The third-order valence-electron chi connectivity index (χ3n) is 3.49. The number of rotatable bonds is 4. The molecule has 0 unspecified atom stereocenters. The lowest BCUT2D eigenvalue weighted by Gasteiger charge is -2.38. The van der Waals surface area contributed by atoms with Crippen molar-refractivity contribution in [2.75, 3.05) is 7.11 Å². The topological polar surface area (TPSA) is 96.2 Å². The van der Waals surface area contributed by atoms with Crippen LogP contribution in [0.25, 0.3) is 0 Å². The predicted octanol–water partition coefficient (Wildman–Crippen LogP) is 1.81. The van der Waals surface area contributed by atoms with Gasteiger partial charge in [0.1, 0.15) is 22.6 Å². The molecule has 1 aromatic carbocycles. The maximum Gasteiger partial charge on any atom is 0.339 e. The molecule has 0 spiro atoms. The van der Waals surface area contributed by atoms with E-state index >= 15 is 0 Å². The molecule has 0 bridgehead atoms. The molecule has 6 heteroatoms. The molecule has 2 N–H and O–H groups in total. The van der Waals surface area contributed by atoms with Gasteiger partial charge in [0.25, 0.3) is 0 Å². The monoisotopic (exact) mass is 263 g/mol. The highest BCUT2D eigenvalue weighted by molar-refractivity contribution is 5.91. The van der Waals surface area contributed by atoms with Gasteiger partial charge in [-0.15, -0.1) is 0 Å². The summed E-state index contributed by atoms with van der Waals surface area (Å²) in [6.07, 6.45) is 3.67. The number of benzene rings is 1. The van der Waals surface area contributed by atoms with Gasteiger partial charge in [0.05, 0.1) is 7.11 Å². The number of methoxy groups -OCH3 is 1. The first-order chi connectivity index (χ1) is 9.04. The number of phenols is 1. The Labute approximate surface area is 109 Å². The number of ether oxygens (including phenoxy) is 1. The van der Waals surface area contributed by atoms with Crippen molar-refractivity contribution in [1.82, 2.24) is 0 Å². The molecular formula is C13H13NO5. The Balaban J connectivity index is 2.63. The van der Waals surface area contributed by atoms with E-state index in [4.69, 9.17) is 9.84 Å². The molecule has 1 saturated carbocycles. The van der Waals surface area contributed by atoms with E-state index in [-0.39, 0.29) is 11.3 Å². The van der Waals surface area contributed by atoms with Gasteiger partial charge in [0.15, 0.2) is 0 Å². The molecule has 0 heterocycles. The molecule has 0 aromatic heterocycles. The molecule has 0 aliphatic heterocycles. The van der Waals surface area contributed by atoms with Crippen molar-refractivity contribution in [3.63, 3.8) is 0 Å². The van der Waals surface area contributed by atoms with Gasteiger partial charge in [0.2, 0.25) is 6.08 Å². The Hall–Kier alpha value is -2.33. The number of carboxylic acid groups (broad SMARTS) is 1. The fourth-order valence-corrected chi connectivity index (χ4v) is 2.31. The van der Waals surface area contributed by atoms with E-state index < -0.39 is 11.5 Å². The minimum absolute atomic E-state index is 0.233. The molecule has 1 aliphatic carbocycles. The lowest BCUT2D eigenvalue weighted by atomic mass is 9.71. The van der Waals surface area contributed by atoms with Gasteiger partial charge >= 0.3 is 5.97 Å². The number of hydrogen-bond donors (Lipinski definition) is 2. The average molecular weight is 263 g/mol. The lowest BCUT2D eigenvalue weighted by Crippen LogP contribution is -2.32. The summed E-state index contributed by atoms with van der Waals surface area (Å²) in [5.74, 6) is -1.30. The van der Waals surface area contributed by atoms with Crippen LogP contribution in [0.4, 0.5) is 0 Å². The molecule has 100 valence electrons. The first kappa shape index (κ1) is 13.1. The summed E-state index contributed by atoms with van der Waals surface area (Å²) in [6, 6.07) is 2.55. The summed E-state index contributed by atoms with van der Waals surface area (Å²) in [7, 11) is 1.41. The standard InChI is InChI=1S/C13H13NO5/c1-19-11-6-10(16)8(12(17)18)5-9(11)13(14-7-15)3-2-4-13/h5-6,16H,2-4H2,1H3,(H,17,18). The molecule has 0 saturated heterocycles. The zero-order valence-corrected chi connectivity index (χ0v) is 10.3. The van der Waals surface area contributed by atoms with E-state index in [1.807, 2.05) is 0 Å². The fraction of sp³-hybridized carbons (Fsp3) is 0.385. The lowest BCUT2D eigenvalue weighted by molar-refractivity contribution is 0.0693. The Bertz CT molecular complexity index is 571. The van der Waals surface area contributed by atoms with Crippen molar-refractivity contribution in [2.45, 2.75) is 24.8 Å². The predicted molar refractivity (Wildman–Crippen MR) is 65.3 cm³/mol. The minimum atomic E-state index is -1.24. The molecule has 0 atom stereocenters. The average Bonchev–Trinajstić information content (AvgIpc) is 2.33. The van der Waals surface area contributed by atoms with Crippen molar-refractivity contribution < 1.29 is 24.5 Å². The van der Waals surface area contributed by atoms with Crippen LogP contribution in [0.5, 0.6) is 11.5 Å². The summed E-state index contributed by atoms with van der Waals surface area (Å²) in [5.41, 5.74) is -0.506. The highest BCUT2D eigenvalue weighted by atomic mass is 16.5. The zero-order valence-electron chi connectivity index (χ0n) is 10.3. The van der Waals surface area contributed by atoms with Crippen molar-refractivity contribution in [3.05, 3.63) is 23.3 Å². The van der Waals surface area contributed by atoms with Crippen LogP contribution in [0, 0.1) is 0 Å². The highest BCUT2D eigenvalue weighted by Crippen LogP contribution is 2.49. The summed E-state index contributed by atoms with van der Waals surface area (Å²) < 4.78 is 5.15. The van der Waals surface area contributed by atoms with Gasteiger partial charge < -0.3 is 14.9 Å². The molecule has 6 nitrogen and oxygen atoms in total. The number of hydrogen-bond acceptors (Lipinski definition) is 5. The van der Waals surface area contributed by atoms with E-state index in [9.17, 15) is 14.7 Å². The van der Waals surface area contributed by atoms with Crippen LogP contribution in [-0.2, 0) is 10.3 Å². The molecular weight excluding hydrogens is 250 g/mol. The van der Waals surface area contributed by atoms with Crippen molar-refractivity contribution >= 4 is 12.0 Å². The van der Waals surface area contributed by atoms with Crippen molar-refractivity contribution in [2.24, 2.45) is 4.99 Å². The molecule has 0 amide bonds. The summed E-state index contributed by atoms with van der Waals surface area (Å²) in [4.78, 5) is 25.4. The summed E-state index contributed by atoms with van der Waals surface area (Å²) >= 11 is 0. The molecule has 1 fully saturated rings. The van der Waals surface area contributed by atoms with E-state index in [2.05, 4.69) is 4.99 Å². The maximum atomic E-state index is 11.1. The normalized spacial score (nSPS) is 16.1. The van der Waals surface area contributed by atoms with Crippen molar-refractivity contribution in [3.8, 4) is 11.5 Å². The first-order valence-electron chi connectivity index (χ1n) is 5.78. The summed E-state index contributed by atoms with van der Waals surface area (Å²) in [6.45, 7) is 0. The van der Waals surface area contributed by atoms with E-state index in [1.165, 1.54) is 25.3 Å². The molecule has 19 heavy (non-hydrogen) atoms. The van der Waals surface area contributed by atoms with Gasteiger partial charge in [0, 0.05) is 11.6 Å². The number of carbonyl (C=O) groups is 1. The number of aromatic carboxylic acids is 1. The zero-order chi connectivity index (χ0) is 14.0. The molecule has 0 radical (unpaired) electrons. The van der Waals surface area contributed by atoms with E-state index in [1.54, 1.807) is 0 Å². The van der Waals surface area contributed by atoms with E-state index in [0.717, 1.165) is 6.42 Å². The van der Waals surface area contributed by atoms with Gasteiger partial charge in [-0.1, -0.05) is 0 Å². The van der Waals surface area contributed by atoms with Crippen LogP contribution in [-0.4, -0.2) is 29.4 Å². The highest BCUT2D eigenvalue weighted by Gasteiger charge is 2.42. The maximum absolute atomic E-state index is 11.1. The Morgan fingerprint density at radius 3 is 2.58 bits per heavy atom. The Kier molecular flexibility index (Phi) is 3.27. The van der Waals surface area contributed by atoms with Gasteiger partial charge in [-0.2, -0.15) is 4.99 Å². The van der Waals surface area contributed by atoms with Crippen LogP contribution in [0.2, 0.25) is 0 Å². The van der Waals surface area contributed by atoms with Crippen LogP contribution in [0.1, 0.15) is 35.2 Å². The van der Waals surface area contributed by atoms with Gasteiger partial charge in [-0.05, 0) is 25.3 Å². The fourth-order valence-electron chi connectivity index (χ4n) is 2.31. The Morgan fingerprint density at radius 1 is 1.47 bits per heavy atom. The molecule has 2 rings (SSSR count). The number of isocyanates is 1. The van der Waals surface area contributed by atoms with Crippen LogP contribution in [0.15, 0.2) is 17.1 Å². The summed E-state index contributed by atoms with van der Waals surface area (Å²) in [5, 5.41) is 18.7. The van der Waals surface area contributed by atoms with Crippen LogP contribution >= 0.6 is 0 Å². The second-order valence-electron chi connectivity index (χ2n) is 4.46. The minimum Gasteiger partial charge on any atom is -0.507 e. The Morgan fingerprint density at radius 2 is 2.16 bits per heavy atom. The first-order valence-corrected chi connectivity index (χ1v) is 5.78. The SMILES string of the molecule is COc1cc(O)c(C(=O)O)cc1C1(N=C=O)CCC1. The number of aromatic hydroxyl groups is 1. The number of carbonyl (C=O) groups excluding carboxylic acids is 1. The third kappa shape index (κ3) is 2.06. The quantitative estimate of drug-likeness (QED) is 0.638. The van der Waals surface area contributed by atoms with E-state index in [0.29, 0.717) is 24.2 Å². The number of aliphatic imine (C=N–C) groups is 1.